The van der Waals surface area contributed by atoms with Crippen molar-refractivity contribution in [2.75, 3.05) is 5.73 Å². The molecule has 17 heavy (non-hydrogen) atoms. The van der Waals surface area contributed by atoms with E-state index in [2.05, 4.69) is 34.1 Å². The number of aryl methyl sites for hydroxylation is 2. The average Bonchev–Trinajstić information content (AvgIpc) is 2.77. The van der Waals surface area contributed by atoms with Crippen LogP contribution >= 0.6 is 11.8 Å². The molecule has 2 aromatic rings. The minimum Gasteiger partial charge on any atom is -0.395 e. The number of aromatic nitrogens is 5. The second kappa shape index (κ2) is 4.40. The van der Waals surface area contributed by atoms with Gasteiger partial charge in [0.25, 0.3) is 0 Å². The van der Waals surface area contributed by atoms with E-state index >= 15 is 0 Å². The number of nitrogens with zero attached hydrogens (tertiary/aromatic N) is 4. The molecule has 6 nitrogen and oxygen atoms in total. The van der Waals surface area contributed by atoms with E-state index in [1.807, 2.05) is 18.5 Å². The van der Waals surface area contributed by atoms with Crippen LogP contribution in [0.3, 0.4) is 0 Å². The zero-order valence-electron chi connectivity index (χ0n) is 10.4. The first kappa shape index (κ1) is 12.0. The van der Waals surface area contributed by atoms with Gasteiger partial charge in [0.1, 0.15) is 10.9 Å². The molecule has 0 bridgehead atoms. The van der Waals surface area contributed by atoms with Crippen molar-refractivity contribution >= 4 is 17.4 Å². The molecule has 0 radical (unpaired) electrons. The van der Waals surface area contributed by atoms with Gasteiger partial charge in [-0.05, 0) is 39.5 Å². The Bertz CT molecular complexity index is 527. The molecule has 0 spiro atoms. The van der Waals surface area contributed by atoms with E-state index in [0.29, 0.717) is 10.8 Å². The molecule has 92 valence electrons. The fraction of sp³-hybridized carbons (Fsp3) is 0.500. The van der Waals surface area contributed by atoms with Crippen molar-refractivity contribution in [3.8, 4) is 0 Å². The van der Waals surface area contributed by atoms with Gasteiger partial charge in [-0.25, -0.2) is 4.98 Å². The lowest BCUT2D eigenvalue weighted by molar-refractivity contribution is 0.491. The van der Waals surface area contributed by atoms with E-state index in [0.717, 1.165) is 16.5 Å². The van der Waals surface area contributed by atoms with Crippen LogP contribution in [0.25, 0.3) is 0 Å². The molecule has 7 heteroatoms. The molecule has 0 aliphatic rings. The predicted molar refractivity (Wildman–Crippen MR) is 67.0 cm³/mol. The van der Waals surface area contributed by atoms with Crippen LogP contribution < -0.4 is 5.73 Å². The van der Waals surface area contributed by atoms with E-state index in [1.54, 1.807) is 0 Å². The van der Waals surface area contributed by atoms with Crippen LogP contribution in [0, 0.1) is 13.8 Å². The van der Waals surface area contributed by atoms with Gasteiger partial charge in [-0.3, -0.25) is 9.78 Å². The first-order chi connectivity index (χ1) is 7.99. The third kappa shape index (κ3) is 2.28. The highest BCUT2D eigenvalue weighted by Crippen LogP contribution is 2.33. The maximum Gasteiger partial charge on any atom is 0.214 e. The predicted octanol–water partition coefficient (Wildman–Crippen LogP) is 1.93. The number of aromatic amines is 1. The van der Waals surface area contributed by atoms with Gasteiger partial charge < -0.3 is 5.73 Å². The summed E-state index contributed by atoms with van der Waals surface area (Å²) in [4.78, 5) is 4.26. The SMILES string of the molecule is Cc1nc(Sc2c(N)c(C)nn2C(C)C)n[nH]1. The lowest BCUT2D eigenvalue weighted by Crippen LogP contribution is -2.04. The second-order valence-electron chi connectivity index (χ2n) is 4.15. The van der Waals surface area contributed by atoms with Gasteiger partial charge in [0.05, 0.1) is 11.4 Å². The number of hydrogen-bond donors (Lipinski definition) is 2. The molecule has 3 N–H and O–H groups in total. The molecule has 0 saturated heterocycles. The Hall–Kier alpha value is -1.50. The molecule has 0 aliphatic carbocycles. The Balaban J connectivity index is 2.37. The topological polar surface area (TPSA) is 85.4 Å². The Labute approximate surface area is 104 Å². The Morgan fingerprint density at radius 1 is 1.35 bits per heavy atom. The van der Waals surface area contributed by atoms with Crippen LogP contribution in [-0.4, -0.2) is 25.0 Å². The van der Waals surface area contributed by atoms with Crippen molar-refractivity contribution in [3.63, 3.8) is 0 Å². The number of rotatable bonds is 3. The van der Waals surface area contributed by atoms with Gasteiger partial charge in [-0.2, -0.15) is 5.10 Å². The number of hydrogen-bond acceptors (Lipinski definition) is 5. The molecule has 2 aromatic heterocycles. The van der Waals surface area contributed by atoms with Crippen LogP contribution in [0.1, 0.15) is 31.4 Å². The molecule has 0 amide bonds. The van der Waals surface area contributed by atoms with Gasteiger partial charge in [-0.15, -0.1) is 5.10 Å². The summed E-state index contributed by atoms with van der Waals surface area (Å²) in [7, 11) is 0. The molecule has 0 aromatic carbocycles. The van der Waals surface area contributed by atoms with E-state index < -0.39 is 0 Å². The van der Waals surface area contributed by atoms with Crippen molar-refractivity contribution in [1.82, 2.24) is 25.0 Å². The fourth-order valence-corrected chi connectivity index (χ4v) is 2.49. The van der Waals surface area contributed by atoms with Crippen LogP contribution in [0.5, 0.6) is 0 Å². The fourth-order valence-electron chi connectivity index (χ4n) is 1.45. The van der Waals surface area contributed by atoms with Crippen molar-refractivity contribution < 1.29 is 0 Å². The normalized spacial score (nSPS) is 11.4. The van der Waals surface area contributed by atoms with E-state index in [9.17, 15) is 0 Å². The molecule has 0 atom stereocenters. The Kier molecular flexibility index (Phi) is 3.10. The molecule has 0 unspecified atom stereocenters. The van der Waals surface area contributed by atoms with Crippen molar-refractivity contribution in [3.05, 3.63) is 11.5 Å². The van der Waals surface area contributed by atoms with Crippen LogP contribution in [0.2, 0.25) is 0 Å². The number of anilines is 1. The van der Waals surface area contributed by atoms with Gasteiger partial charge in [-0.1, -0.05) is 0 Å². The highest BCUT2D eigenvalue weighted by atomic mass is 32.2. The lowest BCUT2D eigenvalue weighted by Gasteiger charge is -2.09. The largest absolute Gasteiger partial charge is 0.395 e. The van der Waals surface area contributed by atoms with Gasteiger partial charge in [0, 0.05) is 6.04 Å². The molecule has 2 rings (SSSR count). The summed E-state index contributed by atoms with van der Waals surface area (Å²) in [6.45, 7) is 7.91. The highest BCUT2D eigenvalue weighted by molar-refractivity contribution is 7.99. The van der Waals surface area contributed by atoms with E-state index in [1.165, 1.54) is 11.8 Å². The summed E-state index contributed by atoms with van der Waals surface area (Å²) in [5.41, 5.74) is 7.57. The number of H-pyrrole nitrogens is 1. The molecule has 0 saturated carbocycles. The quantitative estimate of drug-likeness (QED) is 0.871. The smallest absolute Gasteiger partial charge is 0.214 e. The summed E-state index contributed by atoms with van der Waals surface area (Å²) in [6.07, 6.45) is 0. The van der Waals surface area contributed by atoms with Gasteiger partial charge >= 0.3 is 0 Å². The summed E-state index contributed by atoms with van der Waals surface area (Å²) in [6, 6.07) is 0.258. The van der Waals surface area contributed by atoms with E-state index in [-0.39, 0.29) is 6.04 Å². The summed E-state index contributed by atoms with van der Waals surface area (Å²) >= 11 is 1.43. The zero-order chi connectivity index (χ0) is 12.6. The Morgan fingerprint density at radius 2 is 2.06 bits per heavy atom. The highest BCUT2D eigenvalue weighted by Gasteiger charge is 2.17. The first-order valence-electron chi connectivity index (χ1n) is 5.40. The minimum absolute atomic E-state index is 0.258. The van der Waals surface area contributed by atoms with Gasteiger partial charge in [0.15, 0.2) is 0 Å². The van der Waals surface area contributed by atoms with Crippen LogP contribution in [0.4, 0.5) is 5.69 Å². The van der Waals surface area contributed by atoms with Crippen molar-refractivity contribution in [2.24, 2.45) is 0 Å². The number of nitrogens with one attached hydrogen (secondary N) is 1. The third-order valence-electron chi connectivity index (χ3n) is 2.34. The number of nitrogens with two attached hydrogens (primary N) is 1. The van der Waals surface area contributed by atoms with Crippen LogP contribution in [0.15, 0.2) is 10.2 Å². The molecular weight excluding hydrogens is 236 g/mol. The lowest BCUT2D eigenvalue weighted by atomic mass is 10.4. The van der Waals surface area contributed by atoms with Crippen molar-refractivity contribution in [1.29, 1.82) is 0 Å². The second-order valence-corrected chi connectivity index (χ2v) is 5.10. The van der Waals surface area contributed by atoms with Crippen molar-refractivity contribution in [2.45, 2.75) is 43.9 Å². The molecular formula is C10H16N6S. The summed E-state index contributed by atoms with van der Waals surface area (Å²) < 4.78 is 1.90. The third-order valence-corrected chi connectivity index (χ3v) is 3.31. The summed E-state index contributed by atoms with van der Waals surface area (Å²) in [5, 5.41) is 12.9. The first-order valence-corrected chi connectivity index (χ1v) is 6.22. The van der Waals surface area contributed by atoms with E-state index in [4.69, 9.17) is 5.73 Å². The van der Waals surface area contributed by atoms with Crippen LogP contribution in [-0.2, 0) is 0 Å². The Morgan fingerprint density at radius 3 is 2.59 bits per heavy atom. The zero-order valence-corrected chi connectivity index (χ0v) is 11.2. The number of nitrogen functional groups attached to an aromatic ring is 1. The standard InChI is InChI=1S/C10H16N6S/c1-5(2)16-9(8(11)6(3)15-16)17-10-12-7(4)13-14-10/h5H,11H2,1-4H3,(H,12,13,14). The average molecular weight is 252 g/mol. The maximum absolute atomic E-state index is 6.03. The minimum atomic E-state index is 0.258. The molecule has 0 aliphatic heterocycles. The van der Waals surface area contributed by atoms with Gasteiger partial charge in [0.2, 0.25) is 5.16 Å². The maximum atomic E-state index is 6.03. The summed E-state index contributed by atoms with van der Waals surface area (Å²) in [5.74, 6) is 0.790. The molecule has 2 heterocycles. The monoisotopic (exact) mass is 252 g/mol. The molecule has 0 fully saturated rings.